The lowest BCUT2D eigenvalue weighted by molar-refractivity contribution is 0.101. The number of hydrogen-bond acceptors (Lipinski definition) is 2. The molecule has 2 heteroatoms. The van der Waals surface area contributed by atoms with E-state index in [0.717, 1.165) is 25.9 Å². The summed E-state index contributed by atoms with van der Waals surface area (Å²) in [5.41, 5.74) is 10.8. The van der Waals surface area contributed by atoms with Gasteiger partial charge >= 0.3 is 0 Å². The number of nitrogens with two attached hydrogens (primary N) is 1. The first-order valence-corrected chi connectivity index (χ1v) is 7.79. The number of aryl methyl sites for hydroxylation is 2. The predicted molar refractivity (Wildman–Crippen MR) is 78.4 cm³/mol. The van der Waals surface area contributed by atoms with Gasteiger partial charge in [0.1, 0.15) is 0 Å². The molecule has 3 rings (SSSR count). The highest BCUT2D eigenvalue weighted by atomic mass is 16.5. The van der Waals surface area contributed by atoms with Crippen molar-refractivity contribution in [1.82, 2.24) is 0 Å². The van der Waals surface area contributed by atoms with Crippen LogP contribution in [0.1, 0.15) is 48.8 Å². The lowest BCUT2D eigenvalue weighted by Gasteiger charge is -2.15. The molecular formula is C17H25NO. The summed E-state index contributed by atoms with van der Waals surface area (Å²) in [5.74, 6) is 0. The van der Waals surface area contributed by atoms with Crippen LogP contribution >= 0.6 is 0 Å². The molecule has 1 saturated heterocycles. The first-order valence-electron chi connectivity index (χ1n) is 7.79. The second-order valence-corrected chi connectivity index (χ2v) is 6.13. The van der Waals surface area contributed by atoms with Crippen molar-refractivity contribution in [1.29, 1.82) is 0 Å². The average Bonchev–Trinajstić information content (AvgIpc) is 3.07. The van der Waals surface area contributed by atoms with E-state index in [4.69, 9.17) is 10.5 Å². The first-order chi connectivity index (χ1) is 9.31. The molecule has 104 valence electrons. The molecule has 2 nitrogen and oxygen atoms in total. The third kappa shape index (κ3) is 3.37. The monoisotopic (exact) mass is 259 g/mol. The van der Waals surface area contributed by atoms with Crippen molar-refractivity contribution in [3.05, 3.63) is 34.9 Å². The number of benzene rings is 1. The fraction of sp³-hybridized carbons (Fsp3) is 0.647. The molecule has 1 aromatic rings. The van der Waals surface area contributed by atoms with Crippen molar-refractivity contribution in [2.24, 2.45) is 5.73 Å². The Kier molecular flexibility index (Phi) is 4.19. The summed E-state index contributed by atoms with van der Waals surface area (Å²) in [5, 5.41) is 0. The average molecular weight is 259 g/mol. The number of ether oxygens (including phenoxy) is 1. The van der Waals surface area contributed by atoms with Gasteiger partial charge in [0, 0.05) is 12.6 Å². The minimum atomic E-state index is 0.281. The minimum absolute atomic E-state index is 0.281. The standard InChI is InChI=1S/C17H25NO/c18-16(8-9-17-5-2-10-19-17)12-13-6-7-14-3-1-4-15(14)11-13/h6-7,11,16-17H,1-5,8-10,12,18H2. The van der Waals surface area contributed by atoms with E-state index >= 15 is 0 Å². The van der Waals surface area contributed by atoms with Crippen LogP contribution in [0.15, 0.2) is 18.2 Å². The van der Waals surface area contributed by atoms with Gasteiger partial charge < -0.3 is 10.5 Å². The third-order valence-corrected chi connectivity index (χ3v) is 4.54. The predicted octanol–water partition coefficient (Wildman–Crippen LogP) is 3.00. The normalized spacial score (nSPS) is 23.5. The van der Waals surface area contributed by atoms with Crippen molar-refractivity contribution in [2.75, 3.05) is 6.61 Å². The molecule has 1 aliphatic heterocycles. The van der Waals surface area contributed by atoms with Gasteiger partial charge in [0.2, 0.25) is 0 Å². The van der Waals surface area contributed by atoms with E-state index in [1.165, 1.54) is 37.7 Å². The molecule has 19 heavy (non-hydrogen) atoms. The van der Waals surface area contributed by atoms with Crippen LogP contribution in [0.25, 0.3) is 0 Å². The molecule has 0 aromatic heterocycles. The van der Waals surface area contributed by atoms with E-state index in [1.54, 1.807) is 11.1 Å². The summed E-state index contributed by atoms with van der Waals surface area (Å²) in [4.78, 5) is 0. The van der Waals surface area contributed by atoms with Crippen LogP contribution in [0.2, 0.25) is 0 Å². The molecule has 0 amide bonds. The second kappa shape index (κ2) is 6.06. The van der Waals surface area contributed by atoms with Crippen molar-refractivity contribution >= 4 is 0 Å². The number of rotatable bonds is 5. The maximum atomic E-state index is 6.27. The SMILES string of the molecule is NC(CCC1CCCO1)Cc1ccc2c(c1)CCC2. The van der Waals surface area contributed by atoms with Gasteiger partial charge in [0.05, 0.1) is 6.10 Å². The van der Waals surface area contributed by atoms with Gasteiger partial charge in [-0.05, 0) is 68.1 Å². The lowest BCUT2D eigenvalue weighted by atomic mass is 9.97. The van der Waals surface area contributed by atoms with Gasteiger partial charge in [0.25, 0.3) is 0 Å². The lowest BCUT2D eigenvalue weighted by Crippen LogP contribution is -2.24. The van der Waals surface area contributed by atoms with Crippen LogP contribution in [-0.4, -0.2) is 18.8 Å². The first kappa shape index (κ1) is 13.1. The Labute approximate surface area is 116 Å². The van der Waals surface area contributed by atoms with Gasteiger partial charge in [-0.1, -0.05) is 18.2 Å². The van der Waals surface area contributed by atoms with Gasteiger partial charge in [-0.2, -0.15) is 0 Å². The smallest absolute Gasteiger partial charge is 0.0576 e. The highest BCUT2D eigenvalue weighted by Gasteiger charge is 2.17. The molecule has 2 atom stereocenters. The highest BCUT2D eigenvalue weighted by molar-refractivity contribution is 5.35. The summed E-state index contributed by atoms with van der Waals surface area (Å²) in [6.45, 7) is 0.949. The Hall–Kier alpha value is -0.860. The maximum absolute atomic E-state index is 6.27. The Morgan fingerprint density at radius 2 is 2.11 bits per heavy atom. The Bertz CT molecular complexity index is 423. The van der Waals surface area contributed by atoms with Crippen LogP contribution < -0.4 is 5.73 Å². The van der Waals surface area contributed by atoms with Gasteiger partial charge in [-0.15, -0.1) is 0 Å². The van der Waals surface area contributed by atoms with Gasteiger partial charge in [0.15, 0.2) is 0 Å². The number of fused-ring (bicyclic) bond motifs is 1. The van der Waals surface area contributed by atoms with Crippen LogP contribution in [0.4, 0.5) is 0 Å². The zero-order chi connectivity index (χ0) is 13.1. The van der Waals surface area contributed by atoms with Crippen LogP contribution in [-0.2, 0) is 24.0 Å². The van der Waals surface area contributed by atoms with E-state index in [9.17, 15) is 0 Å². The molecular weight excluding hydrogens is 234 g/mol. The summed E-state index contributed by atoms with van der Waals surface area (Å²) >= 11 is 0. The Balaban J connectivity index is 1.49. The van der Waals surface area contributed by atoms with E-state index in [0.29, 0.717) is 6.10 Å². The summed E-state index contributed by atoms with van der Waals surface area (Å²) in [6.07, 6.45) is 10.0. The molecule has 2 N–H and O–H groups in total. The largest absolute Gasteiger partial charge is 0.378 e. The minimum Gasteiger partial charge on any atom is -0.378 e. The molecule has 0 spiro atoms. The quantitative estimate of drug-likeness (QED) is 0.882. The van der Waals surface area contributed by atoms with Crippen molar-refractivity contribution in [3.63, 3.8) is 0 Å². The van der Waals surface area contributed by atoms with Crippen molar-refractivity contribution in [3.8, 4) is 0 Å². The topological polar surface area (TPSA) is 35.2 Å². The van der Waals surface area contributed by atoms with Crippen molar-refractivity contribution in [2.45, 2.75) is 63.5 Å². The second-order valence-electron chi connectivity index (χ2n) is 6.13. The molecule has 0 bridgehead atoms. The van der Waals surface area contributed by atoms with Crippen LogP contribution in [0.5, 0.6) is 0 Å². The Morgan fingerprint density at radius 3 is 2.95 bits per heavy atom. The van der Waals surface area contributed by atoms with Gasteiger partial charge in [-0.25, -0.2) is 0 Å². The van der Waals surface area contributed by atoms with Crippen LogP contribution in [0, 0.1) is 0 Å². The molecule has 1 aromatic carbocycles. The number of hydrogen-bond donors (Lipinski definition) is 1. The Morgan fingerprint density at radius 1 is 1.21 bits per heavy atom. The fourth-order valence-electron chi connectivity index (χ4n) is 3.43. The molecule has 0 radical (unpaired) electrons. The van der Waals surface area contributed by atoms with Gasteiger partial charge in [-0.3, -0.25) is 0 Å². The summed E-state index contributed by atoms with van der Waals surface area (Å²) < 4.78 is 5.66. The summed E-state index contributed by atoms with van der Waals surface area (Å²) in [6, 6.07) is 7.25. The molecule has 1 heterocycles. The molecule has 1 aliphatic carbocycles. The van der Waals surface area contributed by atoms with E-state index in [1.807, 2.05) is 0 Å². The zero-order valence-electron chi connectivity index (χ0n) is 11.7. The molecule has 2 aliphatic rings. The zero-order valence-corrected chi connectivity index (χ0v) is 11.7. The molecule has 0 saturated carbocycles. The van der Waals surface area contributed by atoms with E-state index < -0.39 is 0 Å². The maximum Gasteiger partial charge on any atom is 0.0576 e. The van der Waals surface area contributed by atoms with E-state index in [-0.39, 0.29) is 6.04 Å². The third-order valence-electron chi connectivity index (χ3n) is 4.54. The fourth-order valence-corrected chi connectivity index (χ4v) is 3.43. The highest BCUT2D eigenvalue weighted by Crippen LogP contribution is 2.24. The summed E-state index contributed by atoms with van der Waals surface area (Å²) in [7, 11) is 0. The molecule has 2 unspecified atom stereocenters. The van der Waals surface area contributed by atoms with Crippen molar-refractivity contribution < 1.29 is 4.74 Å². The van der Waals surface area contributed by atoms with E-state index in [2.05, 4.69) is 18.2 Å². The molecule has 1 fully saturated rings. The van der Waals surface area contributed by atoms with Crippen LogP contribution in [0.3, 0.4) is 0 Å².